The number of nitrogens with one attached hydrogen (secondary N) is 1. The summed E-state index contributed by atoms with van der Waals surface area (Å²) in [4.78, 5) is 11.6. The van der Waals surface area contributed by atoms with E-state index in [0.717, 1.165) is 30.2 Å². The zero-order valence-electron chi connectivity index (χ0n) is 16.3. The molecule has 0 atom stereocenters. The number of carbonyl (C=O) groups is 1. The first kappa shape index (κ1) is 19.7. The molecule has 0 spiro atoms. The second kappa shape index (κ2) is 8.65. The van der Waals surface area contributed by atoms with Gasteiger partial charge in [-0.15, -0.1) is 0 Å². The molecule has 1 amide bonds. The third-order valence-corrected chi connectivity index (χ3v) is 4.27. The smallest absolute Gasteiger partial charge is 0.221 e. The van der Waals surface area contributed by atoms with Crippen molar-refractivity contribution >= 4 is 22.4 Å². The fourth-order valence-corrected chi connectivity index (χ4v) is 3.16. The maximum absolute atomic E-state index is 11.6. The van der Waals surface area contributed by atoms with Crippen LogP contribution in [0.5, 0.6) is 23.0 Å². The largest absolute Gasteiger partial charge is 0.496 e. The number of anilines is 1. The summed E-state index contributed by atoms with van der Waals surface area (Å²) in [5.41, 5.74) is 1.57. The molecule has 0 radical (unpaired) electrons. The Morgan fingerprint density at radius 2 is 1.62 bits per heavy atom. The summed E-state index contributed by atoms with van der Waals surface area (Å²) in [6, 6.07) is 3.81. The Morgan fingerprint density at radius 3 is 2.12 bits per heavy atom. The summed E-state index contributed by atoms with van der Waals surface area (Å²) in [5.74, 6) is 2.18. The van der Waals surface area contributed by atoms with Crippen LogP contribution in [0.4, 0.5) is 5.69 Å². The molecule has 0 unspecified atom stereocenters. The number of ether oxygens (including phenoxy) is 4. The molecule has 0 aliphatic heterocycles. The van der Waals surface area contributed by atoms with Crippen LogP contribution in [0.2, 0.25) is 0 Å². The number of benzene rings is 2. The second-order valence-corrected chi connectivity index (χ2v) is 5.97. The Morgan fingerprint density at radius 1 is 0.962 bits per heavy atom. The van der Waals surface area contributed by atoms with Gasteiger partial charge in [0.25, 0.3) is 0 Å². The number of fused-ring (bicyclic) bond motifs is 1. The molecule has 0 aliphatic carbocycles. The maximum atomic E-state index is 11.6. The van der Waals surface area contributed by atoms with Crippen LogP contribution in [-0.4, -0.2) is 34.3 Å². The lowest BCUT2D eigenvalue weighted by Crippen LogP contribution is -2.08. The molecule has 0 bridgehead atoms. The predicted octanol–water partition coefficient (Wildman–Crippen LogP) is 4.18. The van der Waals surface area contributed by atoms with E-state index < -0.39 is 0 Å². The van der Waals surface area contributed by atoms with E-state index in [1.54, 1.807) is 34.5 Å². The van der Waals surface area contributed by atoms with E-state index in [0.29, 0.717) is 34.1 Å². The van der Waals surface area contributed by atoms with Crippen LogP contribution in [0, 0.1) is 0 Å². The Bertz CT molecular complexity index is 801. The molecule has 26 heavy (non-hydrogen) atoms. The Labute approximate surface area is 154 Å². The summed E-state index contributed by atoms with van der Waals surface area (Å²) in [5, 5.41) is 4.34. The number of unbranched alkanes of at least 4 members (excludes halogenated alkanes) is 1. The minimum absolute atomic E-state index is 0.199. The van der Waals surface area contributed by atoms with Crippen molar-refractivity contribution in [1.29, 1.82) is 0 Å². The molecular weight excluding hydrogens is 334 g/mol. The van der Waals surface area contributed by atoms with Gasteiger partial charge in [0.15, 0.2) is 17.2 Å². The first-order valence-electron chi connectivity index (χ1n) is 8.62. The van der Waals surface area contributed by atoms with Crippen LogP contribution in [0.3, 0.4) is 0 Å². The van der Waals surface area contributed by atoms with E-state index >= 15 is 0 Å². The van der Waals surface area contributed by atoms with Gasteiger partial charge in [-0.05, 0) is 24.5 Å². The van der Waals surface area contributed by atoms with Gasteiger partial charge < -0.3 is 24.3 Å². The monoisotopic (exact) mass is 361 g/mol. The van der Waals surface area contributed by atoms with Crippen molar-refractivity contribution < 1.29 is 23.7 Å². The third kappa shape index (κ3) is 3.64. The summed E-state index contributed by atoms with van der Waals surface area (Å²) in [6.07, 6.45) is 2.98. The van der Waals surface area contributed by atoms with Gasteiger partial charge in [0.2, 0.25) is 5.91 Å². The summed E-state index contributed by atoms with van der Waals surface area (Å²) < 4.78 is 22.6. The summed E-state index contributed by atoms with van der Waals surface area (Å²) >= 11 is 0. The molecule has 0 aliphatic rings. The van der Waals surface area contributed by atoms with E-state index in [2.05, 4.69) is 12.2 Å². The van der Waals surface area contributed by atoms with E-state index in [9.17, 15) is 4.79 Å². The van der Waals surface area contributed by atoms with Gasteiger partial charge in [-0.1, -0.05) is 13.3 Å². The van der Waals surface area contributed by atoms with E-state index in [-0.39, 0.29) is 5.91 Å². The van der Waals surface area contributed by atoms with Gasteiger partial charge in [-0.3, -0.25) is 4.79 Å². The lowest BCUT2D eigenvalue weighted by atomic mass is 9.98. The highest BCUT2D eigenvalue weighted by Crippen LogP contribution is 2.49. The molecule has 142 valence electrons. The van der Waals surface area contributed by atoms with E-state index in [4.69, 9.17) is 18.9 Å². The third-order valence-electron chi connectivity index (χ3n) is 4.27. The van der Waals surface area contributed by atoms with Gasteiger partial charge >= 0.3 is 0 Å². The van der Waals surface area contributed by atoms with Crippen molar-refractivity contribution in [1.82, 2.24) is 0 Å². The lowest BCUT2D eigenvalue weighted by Gasteiger charge is -2.21. The SMILES string of the molecule is CCCCc1cc2c(OC)cc(NC(C)=O)c(OC)c2c(OC)c1OC. The highest BCUT2D eigenvalue weighted by molar-refractivity contribution is 6.06. The van der Waals surface area contributed by atoms with Crippen LogP contribution >= 0.6 is 0 Å². The standard InChI is InChI=1S/C20H27NO5/c1-7-8-9-13-10-14-16(23-3)11-15(21-12(2)22)19(25-5)17(14)20(26-6)18(13)24-4/h10-11H,7-9H2,1-6H3,(H,21,22). The minimum atomic E-state index is -0.199. The van der Waals surface area contributed by atoms with Gasteiger partial charge in [-0.25, -0.2) is 0 Å². The number of carbonyl (C=O) groups excluding carboxylic acids is 1. The molecule has 0 aromatic heterocycles. The molecule has 1 N–H and O–H groups in total. The van der Waals surface area contributed by atoms with Crippen molar-refractivity contribution in [2.45, 2.75) is 33.1 Å². The minimum Gasteiger partial charge on any atom is -0.496 e. The van der Waals surface area contributed by atoms with Crippen LogP contribution in [0.15, 0.2) is 12.1 Å². The molecule has 0 heterocycles. The van der Waals surface area contributed by atoms with Crippen molar-refractivity contribution in [3.05, 3.63) is 17.7 Å². The van der Waals surface area contributed by atoms with Crippen molar-refractivity contribution in [2.75, 3.05) is 33.8 Å². The molecular formula is C20H27NO5. The van der Waals surface area contributed by atoms with E-state index in [1.807, 2.05) is 6.07 Å². The topological polar surface area (TPSA) is 66.0 Å². The summed E-state index contributed by atoms with van der Waals surface area (Å²) in [7, 11) is 6.38. The molecule has 0 saturated heterocycles. The second-order valence-electron chi connectivity index (χ2n) is 5.97. The van der Waals surface area contributed by atoms with Crippen LogP contribution in [-0.2, 0) is 11.2 Å². The van der Waals surface area contributed by atoms with Crippen LogP contribution < -0.4 is 24.3 Å². The lowest BCUT2D eigenvalue weighted by molar-refractivity contribution is -0.114. The molecule has 2 aromatic carbocycles. The Hall–Kier alpha value is -2.63. The number of amides is 1. The molecule has 2 aromatic rings. The Balaban J connectivity index is 2.91. The zero-order chi connectivity index (χ0) is 19.3. The molecule has 2 rings (SSSR count). The molecule has 6 heteroatoms. The fraction of sp³-hybridized carbons (Fsp3) is 0.450. The highest BCUT2D eigenvalue weighted by Gasteiger charge is 2.23. The first-order valence-corrected chi connectivity index (χ1v) is 8.62. The molecule has 6 nitrogen and oxygen atoms in total. The number of methoxy groups -OCH3 is 4. The molecule has 0 saturated carbocycles. The number of aryl methyl sites for hydroxylation is 1. The average Bonchev–Trinajstić information content (AvgIpc) is 2.63. The highest BCUT2D eigenvalue weighted by atomic mass is 16.5. The normalized spacial score (nSPS) is 10.5. The zero-order valence-corrected chi connectivity index (χ0v) is 16.3. The number of rotatable bonds is 8. The van der Waals surface area contributed by atoms with Crippen molar-refractivity contribution in [3.8, 4) is 23.0 Å². The fourth-order valence-electron chi connectivity index (χ4n) is 3.16. The van der Waals surface area contributed by atoms with Gasteiger partial charge in [0, 0.05) is 18.4 Å². The van der Waals surface area contributed by atoms with Crippen molar-refractivity contribution in [2.24, 2.45) is 0 Å². The Kier molecular flexibility index (Phi) is 6.55. The predicted molar refractivity (Wildman–Crippen MR) is 103 cm³/mol. The first-order chi connectivity index (χ1) is 12.5. The number of hydrogen-bond donors (Lipinski definition) is 1. The van der Waals surface area contributed by atoms with Gasteiger partial charge in [-0.2, -0.15) is 0 Å². The maximum Gasteiger partial charge on any atom is 0.221 e. The van der Waals surface area contributed by atoms with Crippen molar-refractivity contribution in [3.63, 3.8) is 0 Å². The average molecular weight is 361 g/mol. The summed E-state index contributed by atoms with van der Waals surface area (Å²) in [6.45, 7) is 3.59. The van der Waals surface area contributed by atoms with Crippen LogP contribution in [0.25, 0.3) is 10.8 Å². The van der Waals surface area contributed by atoms with Crippen LogP contribution in [0.1, 0.15) is 32.3 Å². The van der Waals surface area contributed by atoms with Gasteiger partial charge in [0.05, 0.1) is 39.5 Å². The quantitative estimate of drug-likeness (QED) is 0.764. The van der Waals surface area contributed by atoms with E-state index in [1.165, 1.54) is 6.92 Å². The number of hydrogen-bond acceptors (Lipinski definition) is 5. The van der Waals surface area contributed by atoms with Gasteiger partial charge in [0.1, 0.15) is 5.75 Å². The molecule has 0 fully saturated rings.